The smallest absolute Gasteiger partial charge is 0.348 e. The molecule has 130 valence electrons. The van der Waals surface area contributed by atoms with Gasteiger partial charge >= 0.3 is 5.69 Å². The summed E-state index contributed by atoms with van der Waals surface area (Å²) in [5.74, 6) is -0.528. The second kappa shape index (κ2) is 5.94. The van der Waals surface area contributed by atoms with Gasteiger partial charge in [0.25, 0.3) is 5.91 Å². The van der Waals surface area contributed by atoms with Crippen LogP contribution in [0.4, 0.5) is 0 Å². The van der Waals surface area contributed by atoms with Crippen LogP contribution in [0.25, 0.3) is 5.65 Å². The van der Waals surface area contributed by atoms with Crippen molar-refractivity contribution < 1.29 is 13.2 Å². The van der Waals surface area contributed by atoms with Crippen molar-refractivity contribution >= 4 is 21.6 Å². The van der Waals surface area contributed by atoms with Crippen LogP contribution in [-0.4, -0.2) is 50.0 Å². The topological polar surface area (TPSA) is 154 Å². The van der Waals surface area contributed by atoms with Crippen molar-refractivity contribution in [3.05, 3.63) is 22.5 Å². The third-order valence-electron chi connectivity index (χ3n) is 4.14. The van der Waals surface area contributed by atoms with Gasteiger partial charge in [-0.15, -0.1) is 5.10 Å². The zero-order valence-electron chi connectivity index (χ0n) is 12.9. The van der Waals surface area contributed by atoms with E-state index in [0.29, 0.717) is 19.3 Å². The van der Waals surface area contributed by atoms with Crippen LogP contribution in [-0.2, 0) is 17.1 Å². The van der Waals surface area contributed by atoms with Gasteiger partial charge in [-0.25, -0.2) is 27.7 Å². The van der Waals surface area contributed by atoms with E-state index >= 15 is 0 Å². The predicted molar refractivity (Wildman–Crippen MR) is 82.6 cm³/mol. The number of sulfonamides is 1. The van der Waals surface area contributed by atoms with Crippen LogP contribution < -0.4 is 16.1 Å². The molecule has 0 bridgehead atoms. The van der Waals surface area contributed by atoms with Gasteiger partial charge in [0.05, 0.1) is 5.25 Å². The van der Waals surface area contributed by atoms with Gasteiger partial charge in [-0.3, -0.25) is 4.79 Å². The van der Waals surface area contributed by atoms with Gasteiger partial charge < -0.3 is 5.32 Å². The molecule has 1 amide bonds. The molecule has 2 atom stereocenters. The number of hydrogen-bond donors (Lipinski definition) is 2. The Morgan fingerprint density at radius 1 is 1.42 bits per heavy atom. The van der Waals surface area contributed by atoms with Gasteiger partial charge in [-0.2, -0.15) is 4.68 Å². The molecular formula is C12H17N7O4S. The lowest BCUT2D eigenvalue weighted by molar-refractivity contribution is 0.0924. The van der Waals surface area contributed by atoms with E-state index < -0.39 is 26.9 Å². The molecule has 1 fully saturated rings. The number of nitrogens with two attached hydrogens (primary N) is 1. The van der Waals surface area contributed by atoms with Crippen LogP contribution in [0.1, 0.15) is 36.2 Å². The maximum absolute atomic E-state index is 12.4. The molecule has 0 spiro atoms. The van der Waals surface area contributed by atoms with Gasteiger partial charge in [0.15, 0.2) is 11.3 Å². The summed E-state index contributed by atoms with van der Waals surface area (Å²) >= 11 is 0. The third-order valence-corrected chi connectivity index (χ3v) is 5.50. The molecule has 3 rings (SSSR count). The van der Waals surface area contributed by atoms with Crippen molar-refractivity contribution in [2.24, 2.45) is 12.2 Å². The Balaban J connectivity index is 1.81. The van der Waals surface area contributed by atoms with Crippen LogP contribution in [0.3, 0.4) is 0 Å². The van der Waals surface area contributed by atoms with E-state index in [1.807, 2.05) is 0 Å². The molecule has 1 aliphatic carbocycles. The van der Waals surface area contributed by atoms with Gasteiger partial charge in [0.2, 0.25) is 10.0 Å². The van der Waals surface area contributed by atoms with Gasteiger partial charge in [-0.05, 0) is 19.3 Å². The molecule has 0 saturated heterocycles. The largest absolute Gasteiger partial charge is 0.352 e. The molecule has 1 aliphatic rings. The number of rotatable bonds is 3. The minimum atomic E-state index is -3.63. The highest BCUT2D eigenvalue weighted by molar-refractivity contribution is 7.89. The summed E-state index contributed by atoms with van der Waals surface area (Å²) in [5, 5.41) is 14.7. The van der Waals surface area contributed by atoms with Gasteiger partial charge in [-0.1, -0.05) is 11.6 Å². The third kappa shape index (κ3) is 3.01. The standard InChI is InChI=1S/C12H17N7O4S/c1-18-12(21)19-6-14-9(10(19)16-17-18)11(20)15-7-3-2-4-8(5-7)24(13,22)23/h6-8H,2-5H2,1H3,(H,15,20)(H2,13,22,23). The molecular weight excluding hydrogens is 338 g/mol. The number of aryl methyl sites for hydroxylation is 1. The molecule has 0 aromatic carbocycles. The summed E-state index contributed by atoms with van der Waals surface area (Å²) in [5.41, 5.74) is -0.453. The number of fused-ring (bicyclic) bond motifs is 1. The van der Waals surface area contributed by atoms with Crippen molar-refractivity contribution in [3.63, 3.8) is 0 Å². The average Bonchev–Trinajstić information content (AvgIpc) is 2.95. The maximum Gasteiger partial charge on any atom is 0.352 e. The molecule has 2 unspecified atom stereocenters. The second-order valence-electron chi connectivity index (χ2n) is 5.83. The summed E-state index contributed by atoms with van der Waals surface area (Å²) in [6.07, 6.45) is 3.24. The van der Waals surface area contributed by atoms with Crippen LogP contribution in [0, 0.1) is 0 Å². The maximum atomic E-state index is 12.4. The number of primary sulfonamides is 1. The number of hydrogen-bond acceptors (Lipinski definition) is 7. The van der Waals surface area contributed by atoms with E-state index in [0.717, 1.165) is 9.08 Å². The Morgan fingerprint density at radius 2 is 2.17 bits per heavy atom. The number of aromatic nitrogens is 5. The summed E-state index contributed by atoms with van der Waals surface area (Å²) in [6, 6.07) is -0.328. The minimum Gasteiger partial charge on any atom is -0.348 e. The van der Waals surface area contributed by atoms with Gasteiger partial charge in [0, 0.05) is 13.1 Å². The number of amides is 1. The van der Waals surface area contributed by atoms with Crippen molar-refractivity contribution in [1.82, 2.24) is 29.7 Å². The number of imidazole rings is 1. The van der Waals surface area contributed by atoms with E-state index in [1.165, 1.54) is 13.4 Å². The Labute approximate surface area is 136 Å². The summed E-state index contributed by atoms with van der Waals surface area (Å²) in [6.45, 7) is 0. The molecule has 0 aliphatic heterocycles. The lowest BCUT2D eigenvalue weighted by Crippen LogP contribution is -2.43. The number of nitrogens with one attached hydrogen (secondary N) is 1. The van der Waals surface area contributed by atoms with Crippen molar-refractivity contribution in [2.45, 2.75) is 37.0 Å². The monoisotopic (exact) mass is 355 g/mol. The summed E-state index contributed by atoms with van der Waals surface area (Å²) < 4.78 is 25.1. The van der Waals surface area contributed by atoms with E-state index in [-0.39, 0.29) is 23.8 Å². The fourth-order valence-corrected chi connectivity index (χ4v) is 3.87. The molecule has 2 heterocycles. The van der Waals surface area contributed by atoms with Crippen LogP contribution in [0.5, 0.6) is 0 Å². The first-order valence-corrected chi connectivity index (χ1v) is 8.98. The minimum absolute atomic E-state index is 0.0297. The normalized spacial score (nSPS) is 21.8. The molecule has 0 radical (unpaired) electrons. The van der Waals surface area contributed by atoms with E-state index in [2.05, 4.69) is 20.6 Å². The highest BCUT2D eigenvalue weighted by Crippen LogP contribution is 2.23. The van der Waals surface area contributed by atoms with E-state index in [1.54, 1.807) is 0 Å². The van der Waals surface area contributed by atoms with Crippen molar-refractivity contribution in [1.29, 1.82) is 0 Å². The predicted octanol–water partition coefficient (Wildman–Crippen LogP) is -1.85. The summed E-state index contributed by atoms with van der Waals surface area (Å²) in [7, 11) is -2.20. The molecule has 11 nitrogen and oxygen atoms in total. The molecule has 12 heteroatoms. The van der Waals surface area contributed by atoms with E-state index in [9.17, 15) is 18.0 Å². The Kier molecular flexibility index (Phi) is 4.09. The average molecular weight is 355 g/mol. The van der Waals surface area contributed by atoms with Crippen LogP contribution >= 0.6 is 0 Å². The quantitative estimate of drug-likeness (QED) is 0.655. The highest BCUT2D eigenvalue weighted by Gasteiger charge is 2.31. The molecule has 3 N–H and O–H groups in total. The lowest BCUT2D eigenvalue weighted by atomic mass is 9.95. The Bertz CT molecular complexity index is 948. The van der Waals surface area contributed by atoms with E-state index in [4.69, 9.17) is 5.14 Å². The van der Waals surface area contributed by atoms with Crippen molar-refractivity contribution in [3.8, 4) is 0 Å². The number of carbonyl (C=O) groups is 1. The van der Waals surface area contributed by atoms with Crippen molar-refractivity contribution in [2.75, 3.05) is 0 Å². The highest BCUT2D eigenvalue weighted by atomic mass is 32.2. The first kappa shape index (κ1) is 16.5. The fraction of sp³-hybridized carbons (Fsp3) is 0.583. The second-order valence-corrected chi connectivity index (χ2v) is 7.68. The zero-order chi connectivity index (χ0) is 17.5. The number of nitrogens with zero attached hydrogens (tertiary/aromatic N) is 5. The SMILES string of the molecule is Cn1nnc2c(C(=O)NC3CCCC(S(N)(=O)=O)C3)ncn2c1=O. The van der Waals surface area contributed by atoms with Crippen LogP contribution in [0.15, 0.2) is 11.1 Å². The summed E-state index contributed by atoms with van der Waals surface area (Å²) in [4.78, 5) is 28.2. The Hall–Kier alpha value is -2.34. The Morgan fingerprint density at radius 3 is 2.88 bits per heavy atom. The molecule has 2 aromatic heterocycles. The molecule has 24 heavy (non-hydrogen) atoms. The first-order chi connectivity index (χ1) is 11.3. The zero-order valence-corrected chi connectivity index (χ0v) is 13.7. The molecule has 1 saturated carbocycles. The fourth-order valence-electron chi connectivity index (χ4n) is 2.87. The van der Waals surface area contributed by atoms with Crippen LogP contribution in [0.2, 0.25) is 0 Å². The first-order valence-electron chi connectivity index (χ1n) is 7.37. The lowest BCUT2D eigenvalue weighted by Gasteiger charge is -2.28. The molecule has 2 aromatic rings. The number of carbonyl (C=O) groups excluding carboxylic acids is 1. The van der Waals surface area contributed by atoms with Gasteiger partial charge in [0.1, 0.15) is 6.33 Å².